The normalized spacial score (nSPS) is 9.89. The number of benzene rings is 1. The molecule has 0 amide bonds. The standard InChI is InChI=1S/C13H14O6/c1-8-4-6-9(7-5-8)11(14)19-10(12(15)17-2)13(16)18-3/h4-7,10H,1-3H3. The SMILES string of the molecule is COC(=O)C(OC(=O)c1ccc(C)cc1)C(=O)OC. The Hall–Kier alpha value is -2.37. The van der Waals surface area contributed by atoms with Gasteiger partial charge < -0.3 is 14.2 Å². The van der Waals surface area contributed by atoms with Crippen molar-refractivity contribution in [1.29, 1.82) is 0 Å². The molecule has 6 nitrogen and oxygen atoms in total. The number of ether oxygens (including phenoxy) is 3. The molecule has 0 aromatic heterocycles. The molecule has 1 aromatic carbocycles. The molecule has 1 aromatic rings. The molecule has 0 unspecified atom stereocenters. The minimum atomic E-state index is -1.72. The molecule has 0 atom stereocenters. The van der Waals surface area contributed by atoms with Crippen LogP contribution in [0.2, 0.25) is 0 Å². The minimum Gasteiger partial charge on any atom is -0.466 e. The van der Waals surface area contributed by atoms with E-state index in [0.717, 1.165) is 19.8 Å². The van der Waals surface area contributed by atoms with E-state index in [-0.39, 0.29) is 5.56 Å². The summed E-state index contributed by atoms with van der Waals surface area (Å²) in [7, 11) is 2.16. The largest absolute Gasteiger partial charge is 0.466 e. The molecule has 0 aliphatic heterocycles. The van der Waals surface area contributed by atoms with Crippen LogP contribution in [-0.2, 0) is 23.8 Å². The van der Waals surface area contributed by atoms with Crippen molar-refractivity contribution in [3.05, 3.63) is 35.4 Å². The molecule has 0 aliphatic rings. The molecular formula is C13H14O6. The Kier molecular flexibility index (Phi) is 5.05. The Morgan fingerprint density at radius 3 is 1.84 bits per heavy atom. The first-order chi connectivity index (χ1) is 8.99. The molecule has 0 saturated heterocycles. The van der Waals surface area contributed by atoms with Gasteiger partial charge in [0.1, 0.15) is 0 Å². The van der Waals surface area contributed by atoms with Crippen molar-refractivity contribution >= 4 is 17.9 Å². The van der Waals surface area contributed by atoms with Crippen molar-refractivity contribution in [3.63, 3.8) is 0 Å². The van der Waals surface area contributed by atoms with Crippen LogP contribution in [0.3, 0.4) is 0 Å². The summed E-state index contributed by atoms with van der Waals surface area (Å²) in [6, 6.07) is 6.48. The molecule has 0 aliphatic carbocycles. The summed E-state index contributed by atoms with van der Waals surface area (Å²) in [5, 5.41) is 0. The molecule has 6 heteroatoms. The van der Waals surface area contributed by atoms with Gasteiger partial charge in [0.15, 0.2) is 0 Å². The quantitative estimate of drug-likeness (QED) is 0.457. The van der Waals surface area contributed by atoms with Crippen molar-refractivity contribution in [2.24, 2.45) is 0 Å². The lowest BCUT2D eigenvalue weighted by atomic mass is 10.1. The molecule has 0 heterocycles. The number of hydrogen-bond acceptors (Lipinski definition) is 6. The topological polar surface area (TPSA) is 78.9 Å². The summed E-state index contributed by atoms with van der Waals surface area (Å²) in [5.74, 6) is -2.79. The van der Waals surface area contributed by atoms with E-state index in [4.69, 9.17) is 4.74 Å². The Balaban J connectivity index is 2.84. The monoisotopic (exact) mass is 266 g/mol. The molecule has 102 valence electrons. The second-order valence-corrected chi connectivity index (χ2v) is 3.70. The number of rotatable bonds is 4. The smallest absolute Gasteiger partial charge is 0.359 e. The number of carbonyl (C=O) groups is 3. The van der Waals surface area contributed by atoms with Gasteiger partial charge in [-0.2, -0.15) is 0 Å². The van der Waals surface area contributed by atoms with E-state index >= 15 is 0 Å². The number of methoxy groups -OCH3 is 2. The first kappa shape index (κ1) is 14.7. The maximum Gasteiger partial charge on any atom is 0.359 e. The van der Waals surface area contributed by atoms with Gasteiger partial charge in [0.05, 0.1) is 19.8 Å². The third kappa shape index (κ3) is 3.80. The van der Waals surface area contributed by atoms with Crippen LogP contribution in [0, 0.1) is 6.92 Å². The van der Waals surface area contributed by atoms with E-state index in [2.05, 4.69) is 9.47 Å². The maximum atomic E-state index is 11.8. The fourth-order valence-corrected chi connectivity index (χ4v) is 1.27. The fourth-order valence-electron chi connectivity index (χ4n) is 1.27. The van der Waals surface area contributed by atoms with Gasteiger partial charge in [-0.25, -0.2) is 14.4 Å². The molecule has 1 rings (SSSR count). The van der Waals surface area contributed by atoms with Gasteiger partial charge in [-0.1, -0.05) is 17.7 Å². The number of hydrogen-bond donors (Lipinski definition) is 0. The Labute approximate surface area is 110 Å². The minimum absolute atomic E-state index is 0.225. The lowest BCUT2D eigenvalue weighted by molar-refractivity contribution is -0.165. The first-order valence-electron chi connectivity index (χ1n) is 5.43. The number of esters is 3. The van der Waals surface area contributed by atoms with E-state index in [0.29, 0.717) is 0 Å². The first-order valence-corrected chi connectivity index (χ1v) is 5.43. The van der Waals surface area contributed by atoms with Crippen molar-refractivity contribution in [2.45, 2.75) is 13.0 Å². The molecule has 0 bridgehead atoms. The molecule has 0 N–H and O–H groups in total. The molecule has 0 radical (unpaired) electrons. The van der Waals surface area contributed by atoms with Gasteiger partial charge in [0, 0.05) is 0 Å². The van der Waals surface area contributed by atoms with Crippen LogP contribution >= 0.6 is 0 Å². The van der Waals surface area contributed by atoms with Crippen LogP contribution in [-0.4, -0.2) is 38.2 Å². The van der Waals surface area contributed by atoms with Crippen LogP contribution in [0.5, 0.6) is 0 Å². The molecule has 0 fully saturated rings. The van der Waals surface area contributed by atoms with E-state index in [1.165, 1.54) is 12.1 Å². The van der Waals surface area contributed by atoms with Gasteiger partial charge in [-0.15, -0.1) is 0 Å². The zero-order valence-corrected chi connectivity index (χ0v) is 10.8. The molecule has 0 spiro atoms. The van der Waals surface area contributed by atoms with Crippen molar-refractivity contribution in [2.75, 3.05) is 14.2 Å². The number of aryl methyl sites for hydroxylation is 1. The second kappa shape index (κ2) is 6.53. The van der Waals surface area contributed by atoms with Gasteiger partial charge >= 0.3 is 17.9 Å². The Morgan fingerprint density at radius 2 is 1.42 bits per heavy atom. The highest BCUT2D eigenvalue weighted by Gasteiger charge is 2.33. The van der Waals surface area contributed by atoms with E-state index in [1.54, 1.807) is 12.1 Å². The number of carbonyl (C=O) groups excluding carboxylic acids is 3. The Bertz CT molecular complexity index is 460. The van der Waals surface area contributed by atoms with Crippen molar-refractivity contribution in [3.8, 4) is 0 Å². The van der Waals surface area contributed by atoms with Crippen LogP contribution in [0.25, 0.3) is 0 Å². The average Bonchev–Trinajstić information content (AvgIpc) is 2.43. The zero-order valence-electron chi connectivity index (χ0n) is 10.8. The highest BCUT2D eigenvalue weighted by atomic mass is 16.6. The summed E-state index contributed by atoms with van der Waals surface area (Å²) in [4.78, 5) is 34.4. The molecular weight excluding hydrogens is 252 g/mol. The third-order valence-electron chi connectivity index (χ3n) is 2.34. The predicted molar refractivity (Wildman–Crippen MR) is 64.4 cm³/mol. The van der Waals surface area contributed by atoms with Gasteiger partial charge in [-0.3, -0.25) is 0 Å². The Morgan fingerprint density at radius 1 is 0.947 bits per heavy atom. The van der Waals surface area contributed by atoms with Gasteiger partial charge in [-0.05, 0) is 19.1 Å². The lowest BCUT2D eigenvalue weighted by Crippen LogP contribution is -2.36. The van der Waals surface area contributed by atoms with Crippen LogP contribution in [0.4, 0.5) is 0 Å². The maximum absolute atomic E-state index is 11.8. The van der Waals surface area contributed by atoms with Crippen LogP contribution < -0.4 is 0 Å². The van der Waals surface area contributed by atoms with Gasteiger partial charge in [0.2, 0.25) is 0 Å². The lowest BCUT2D eigenvalue weighted by Gasteiger charge is -2.13. The van der Waals surface area contributed by atoms with Crippen LogP contribution in [0.15, 0.2) is 24.3 Å². The summed E-state index contributed by atoms with van der Waals surface area (Å²) in [6.45, 7) is 1.86. The van der Waals surface area contributed by atoms with E-state index in [9.17, 15) is 14.4 Å². The van der Waals surface area contributed by atoms with E-state index in [1.807, 2.05) is 6.92 Å². The highest BCUT2D eigenvalue weighted by Crippen LogP contribution is 2.08. The summed E-state index contributed by atoms with van der Waals surface area (Å²) >= 11 is 0. The second-order valence-electron chi connectivity index (χ2n) is 3.70. The van der Waals surface area contributed by atoms with Crippen molar-refractivity contribution < 1.29 is 28.6 Å². The zero-order chi connectivity index (χ0) is 14.4. The summed E-state index contributed by atoms with van der Waals surface area (Å²) in [5.41, 5.74) is 1.19. The highest BCUT2D eigenvalue weighted by molar-refractivity contribution is 6.01. The average molecular weight is 266 g/mol. The van der Waals surface area contributed by atoms with Crippen LogP contribution in [0.1, 0.15) is 15.9 Å². The summed E-state index contributed by atoms with van der Waals surface area (Å²) < 4.78 is 13.5. The predicted octanol–water partition coefficient (Wildman–Crippen LogP) is 0.866. The fraction of sp³-hybridized carbons (Fsp3) is 0.308. The third-order valence-corrected chi connectivity index (χ3v) is 2.34. The summed E-state index contributed by atoms with van der Waals surface area (Å²) in [6.07, 6.45) is -1.72. The van der Waals surface area contributed by atoms with E-state index < -0.39 is 24.0 Å². The van der Waals surface area contributed by atoms with Gasteiger partial charge in [0.25, 0.3) is 6.10 Å². The molecule has 0 saturated carbocycles. The van der Waals surface area contributed by atoms with Crippen molar-refractivity contribution in [1.82, 2.24) is 0 Å². The molecule has 19 heavy (non-hydrogen) atoms.